The summed E-state index contributed by atoms with van der Waals surface area (Å²) in [6.07, 6.45) is -3.01. The Bertz CT molecular complexity index is 1070. The maximum atomic E-state index is 13.2. The van der Waals surface area contributed by atoms with E-state index >= 15 is 0 Å². The van der Waals surface area contributed by atoms with Crippen LogP contribution >= 0.6 is 0 Å². The number of nitrogens with zero attached hydrogens (tertiary/aromatic N) is 5. The van der Waals surface area contributed by atoms with Crippen LogP contribution in [0.2, 0.25) is 0 Å². The molecule has 4 rings (SSSR count). The second kappa shape index (κ2) is 8.48. The summed E-state index contributed by atoms with van der Waals surface area (Å²) < 4.78 is 53.1. The highest BCUT2D eigenvalue weighted by Crippen LogP contribution is 2.28. The van der Waals surface area contributed by atoms with Crippen LogP contribution < -0.4 is 10.2 Å². The Hall–Kier alpha value is -3.24. The van der Waals surface area contributed by atoms with Crippen molar-refractivity contribution in [1.82, 2.24) is 25.1 Å². The standard InChI is InChI=1S/C20H20F4N6O/c21-15-3-1-2-13(12-15)6-9-25-18(31)14-7-10-29(11-8-14)17-5-4-16-26-27-19(20(22,23)24)30(16)28-17/h1-5,12,14H,6-11H2,(H,25,31). The van der Waals surface area contributed by atoms with E-state index in [-0.39, 0.29) is 23.3 Å². The Labute approximate surface area is 175 Å². The largest absolute Gasteiger partial charge is 0.453 e. The number of piperidine rings is 1. The van der Waals surface area contributed by atoms with Crippen molar-refractivity contribution in [2.75, 3.05) is 24.5 Å². The summed E-state index contributed by atoms with van der Waals surface area (Å²) in [7, 11) is 0. The van der Waals surface area contributed by atoms with Crippen molar-refractivity contribution in [3.05, 3.63) is 53.6 Å². The Morgan fingerprint density at radius 2 is 1.90 bits per heavy atom. The number of carbonyl (C=O) groups is 1. The second-order valence-electron chi connectivity index (χ2n) is 7.42. The molecule has 7 nitrogen and oxygen atoms in total. The molecule has 0 radical (unpaired) electrons. The van der Waals surface area contributed by atoms with E-state index in [0.717, 1.165) is 5.56 Å². The number of amides is 1. The Kier molecular flexibility index (Phi) is 5.75. The zero-order chi connectivity index (χ0) is 22.0. The number of nitrogens with one attached hydrogen (secondary N) is 1. The lowest BCUT2D eigenvalue weighted by Crippen LogP contribution is -2.41. The van der Waals surface area contributed by atoms with Crippen molar-refractivity contribution in [2.45, 2.75) is 25.4 Å². The molecule has 0 spiro atoms. The molecule has 1 aliphatic heterocycles. The first kappa shape index (κ1) is 21.0. The van der Waals surface area contributed by atoms with E-state index < -0.39 is 12.0 Å². The molecule has 1 fully saturated rings. The van der Waals surface area contributed by atoms with E-state index in [1.54, 1.807) is 18.2 Å². The highest BCUT2D eigenvalue weighted by molar-refractivity contribution is 5.79. The van der Waals surface area contributed by atoms with Crippen LogP contribution in [0.25, 0.3) is 5.65 Å². The lowest BCUT2D eigenvalue weighted by Gasteiger charge is -2.32. The zero-order valence-corrected chi connectivity index (χ0v) is 16.4. The molecule has 0 aliphatic carbocycles. The second-order valence-corrected chi connectivity index (χ2v) is 7.42. The Balaban J connectivity index is 1.32. The lowest BCUT2D eigenvalue weighted by atomic mass is 9.96. The van der Waals surface area contributed by atoms with Gasteiger partial charge in [-0.25, -0.2) is 4.39 Å². The van der Waals surface area contributed by atoms with Gasteiger partial charge < -0.3 is 10.2 Å². The monoisotopic (exact) mass is 436 g/mol. The first-order chi connectivity index (χ1) is 14.8. The molecule has 2 aromatic heterocycles. The van der Waals surface area contributed by atoms with E-state index in [0.29, 0.717) is 49.2 Å². The molecule has 1 aliphatic rings. The molecule has 0 bridgehead atoms. The SMILES string of the molecule is O=C(NCCc1cccc(F)c1)C1CCN(c2ccc3nnc(C(F)(F)F)n3n2)CC1. The minimum absolute atomic E-state index is 0.0173. The van der Waals surface area contributed by atoms with Gasteiger partial charge in [0, 0.05) is 25.6 Å². The van der Waals surface area contributed by atoms with Gasteiger partial charge in [0.25, 0.3) is 5.82 Å². The van der Waals surface area contributed by atoms with E-state index in [2.05, 4.69) is 20.6 Å². The number of hydrogen-bond acceptors (Lipinski definition) is 5. The fourth-order valence-corrected chi connectivity index (χ4v) is 3.66. The summed E-state index contributed by atoms with van der Waals surface area (Å²) in [5, 5.41) is 13.6. The van der Waals surface area contributed by atoms with Gasteiger partial charge in [-0.15, -0.1) is 15.3 Å². The summed E-state index contributed by atoms with van der Waals surface area (Å²) in [6, 6.07) is 9.28. The topological polar surface area (TPSA) is 75.4 Å². The number of rotatable bonds is 5. The number of halogens is 4. The Morgan fingerprint density at radius 3 is 2.61 bits per heavy atom. The van der Waals surface area contributed by atoms with Crippen molar-refractivity contribution in [2.24, 2.45) is 5.92 Å². The van der Waals surface area contributed by atoms with E-state index in [4.69, 9.17) is 0 Å². The first-order valence-corrected chi connectivity index (χ1v) is 9.88. The van der Waals surface area contributed by atoms with E-state index in [9.17, 15) is 22.4 Å². The third-order valence-electron chi connectivity index (χ3n) is 5.29. The fourth-order valence-electron chi connectivity index (χ4n) is 3.66. The molecule has 0 atom stereocenters. The molecule has 11 heteroatoms. The van der Waals surface area contributed by atoms with Gasteiger partial charge >= 0.3 is 6.18 Å². The molecule has 1 amide bonds. The minimum atomic E-state index is -4.65. The van der Waals surface area contributed by atoms with Crippen molar-refractivity contribution >= 4 is 17.4 Å². The van der Waals surface area contributed by atoms with Gasteiger partial charge in [-0.2, -0.15) is 17.7 Å². The molecule has 31 heavy (non-hydrogen) atoms. The van der Waals surface area contributed by atoms with Gasteiger partial charge in [0.1, 0.15) is 11.6 Å². The van der Waals surface area contributed by atoms with Gasteiger partial charge in [-0.3, -0.25) is 4.79 Å². The summed E-state index contributed by atoms with van der Waals surface area (Å²) in [4.78, 5) is 14.3. The average Bonchev–Trinajstić information content (AvgIpc) is 3.18. The normalized spacial score (nSPS) is 15.4. The third kappa shape index (κ3) is 4.75. The van der Waals surface area contributed by atoms with Crippen LogP contribution in [-0.4, -0.2) is 45.4 Å². The Morgan fingerprint density at radius 1 is 1.13 bits per heavy atom. The van der Waals surface area contributed by atoms with Crippen molar-refractivity contribution in [3.63, 3.8) is 0 Å². The molecular weight excluding hydrogens is 416 g/mol. The number of aromatic nitrogens is 4. The molecule has 164 valence electrons. The quantitative estimate of drug-likeness (QED) is 0.623. The van der Waals surface area contributed by atoms with Crippen LogP contribution in [0, 0.1) is 11.7 Å². The average molecular weight is 436 g/mol. The maximum Gasteiger partial charge on any atom is 0.453 e. The van der Waals surface area contributed by atoms with Crippen LogP contribution in [-0.2, 0) is 17.4 Å². The first-order valence-electron chi connectivity index (χ1n) is 9.88. The molecule has 3 aromatic rings. The minimum Gasteiger partial charge on any atom is -0.356 e. The van der Waals surface area contributed by atoms with Gasteiger partial charge in [0.15, 0.2) is 5.65 Å². The molecule has 3 heterocycles. The van der Waals surface area contributed by atoms with E-state index in [1.165, 1.54) is 18.2 Å². The summed E-state index contributed by atoms with van der Waals surface area (Å²) in [6.45, 7) is 1.39. The summed E-state index contributed by atoms with van der Waals surface area (Å²) in [5.41, 5.74) is 0.826. The van der Waals surface area contributed by atoms with Gasteiger partial charge in [0.05, 0.1) is 0 Å². The molecule has 1 aromatic carbocycles. The highest BCUT2D eigenvalue weighted by atomic mass is 19.4. The number of hydrogen-bond donors (Lipinski definition) is 1. The highest BCUT2D eigenvalue weighted by Gasteiger charge is 2.38. The summed E-state index contributed by atoms with van der Waals surface area (Å²) >= 11 is 0. The molecule has 0 saturated carbocycles. The number of benzene rings is 1. The van der Waals surface area contributed by atoms with Gasteiger partial charge in [-0.05, 0) is 49.1 Å². The van der Waals surface area contributed by atoms with Crippen LogP contribution in [0.15, 0.2) is 36.4 Å². The third-order valence-corrected chi connectivity index (χ3v) is 5.29. The zero-order valence-electron chi connectivity index (χ0n) is 16.4. The lowest BCUT2D eigenvalue weighted by molar-refractivity contribution is -0.146. The number of anilines is 1. The fraction of sp³-hybridized carbons (Fsp3) is 0.400. The predicted octanol–water partition coefficient (Wildman–Crippen LogP) is 2.86. The predicted molar refractivity (Wildman–Crippen MR) is 104 cm³/mol. The number of carbonyl (C=O) groups excluding carboxylic acids is 1. The van der Waals surface area contributed by atoms with Gasteiger partial charge in [-0.1, -0.05) is 12.1 Å². The van der Waals surface area contributed by atoms with Crippen molar-refractivity contribution in [3.8, 4) is 0 Å². The number of fused-ring (bicyclic) bond motifs is 1. The van der Waals surface area contributed by atoms with E-state index in [1.807, 2.05) is 4.90 Å². The van der Waals surface area contributed by atoms with Crippen molar-refractivity contribution < 1.29 is 22.4 Å². The molecular formula is C20H20F4N6O. The van der Waals surface area contributed by atoms with Gasteiger partial charge in [0.2, 0.25) is 5.91 Å². The molecule has 0 unspecified atom stereocenters. The molecule has 1 saturated heterocycles. The smallest absolute Gasteiger partial charge is 0.356 e. The van der Waals surface area contributed by atoms with Crippen LogP contribution in [0.3, 0.4) is 0 Å². The molecule has 1 N–H and O–H groups in total. The number of alkyl halides is 3. The van der Waals surface area contributed by atoms with Crippen LogP contribution in [0.5, 0.6) is 0 Å². The summed E-state index contributed by atoms with van der Waals surface area (Å²) in [5.74, 6) is -1.36. The van der Waals surface area contributed by atoms with Crippen LogP contribution in [0.1, 0.15) is 24.2 Å². The van der Waals surface area contributed by atoms with Crippen molar-refractivity contribution in [1.29, 1.82) is 0 Å². The maximum absolute atomic E-state index is 13.2. The van der Waals surface area contributed by atoms with Crippen LogP contribution in [0.4, 0.5) is 23.4 Å².